The predicted molar refractivity (Wildman–Crippen MR) is 102 cm³/mol. The van der Waals surface area contributed by atoms with Crippen molar-refractivity contribution in [1.29, 1.82) is 0 Å². The Morgan fingerprint density at radius 2 is 1.15 bits per heavy atom. The number of hydrogen-bond acceptors (Lipinski definition) is 4. The van der Waals surface area contributed by atoms with E-state index in [9.17, 15) is 0 Å². The molecule has 0 radical (unpaired) electrons. The molecule has 0 aliphatic rings. The van der Waals surface area contributed by atoms with Gasteiger partial charge in [0.25, 0.3) is 0 Å². The summed E-state index contributed by atoms with van der Waals surface area (Å²) >= 11 is 0. The van der Waals surface area contributed by atoms with Crippen molar-refractivity contribution in [1.82, 2.24) is 9.97 Å². The van der Waals surface area contributed by atoms with Crippen LogP contribution in [0.2, 0.25) is 0 Å². The molecule has 4 heteroatoms. The van der Waals surface area contributed by atoms with E-state index in [-0.39, 0.29) is 0 Å². The van der Waals surface area contributed by atoms with Gasteiger partial charge in [0.05, 0.1) is 0 Å². The summed E-state index contributed by atoms with van der Waals surface area (Å²) in [4.78, 5) is 8.94. The second-order valence-electron chi connectivity index (χ2n) is 6.48. The zero-order chi connectivity index (χ0) is 17.7. The minimum Gasteiger partial charge on any atom is -0.441 e. The van der Waals surface area contributed by atoms with Crippen molar-refractivity contribution in [2.24, 2.45) is 0 Å². The van der Waals surface area contributed by atoms with E-state index < -0.39 is 0 Å². The molecule has 0 bridgehead atoms. The highest BCUT2D eigenvalue weighted by Crippen LogP contribution is 2.29. The Balaban J connectivity index is 1.53. The van der Waals surface area contributed by atoms with Gasteiger partial charge in [0, 0.05) is 24.6 Å². The van der Waals surface area contributed by atoms with Crippen LogP contribution in [0.1, 0.15) is 11.5 Å². The summed E-state index contributed by atoms with van der Waals surface area (Å²) in [6, 6.07) is 20.5. The third-order valence-corrected chi connectivity index (χ3v) is 4.52. The number of rotatable bonds is 2. The first-order valence-electron chi connectivity index (χ1n) is 8.51. The fourth-order valence-corrected chi connectivity index (χ4v) is 3.14. The molecule has 0 aliphatic heterocycles. The van der Waals surface area contributed by atoms with Gasteiger partial charge in [-0.1, -0.05) is 42.0 Å². The van der Waals surface area contributed by atoms with Gasteiger partial charge in [0.15, 0.2) is 17.1 Å². The third-order valence-electron chi connectivity index (χ3n) is 4.52. The van der Waals surface area contributed by atoms with E-state index in [0.29, 0.717) is 17.4 Å². The molecular formula is C22H16N2O2. The number of oxazole rings is 2. The molecule has 26 heavy (non-hydrogen) atoms. The summed E-state index contributed by atoms with van der Waals surface area (Å²) in [5, 5.41) is 0. The van der Waals surface area contributed by atoms with E-state index in [1.165, 1.54) is 16.7 Å². The summed E-state index contributed by atoms with van der Waals surface area (Å²) < 4.78 is 11.5. The smallest absolute Gasteiger partial charge is 0.227 e. The van der Waals surface area contributed by atoms with Crippen LogP contribution in [0.3, 0.4) is 0 Å². The maximum atomic E-state index is 5.94. The molecule has 0 saturated carbocycles. The van der Waals surface area contributed by atoms with Crippen LogP contribution >= 0.6 is 0 Å². The van der Waals surface area contributed by atoms with Crippen LogP contribution in [0.15, 0.2) is 69.5 Å². The van der Waals surface area contributed by atoms with Crippen LogP contribution in [0, 0.1) is 13.8 Å². The standard InChI is InChI=1S/C22H16N2O2/c1-13-3-5-15(6-4-13)16-7-9-17(10-8-16)22-24-19-12-20-18(11-21(19)26-22)23-14(2)25-20/h3-12H,1-2H3. The van der Waals surface area contributed by atoms with Gasteiger partial charge in [-0.25, -0.2) is 9.97 Å². The molecule has 0 aliphatic carbocycles. The van der Waals surface area contributed by atoms with Gasteiger partial charge in [-0.2, -0.15) is 0 Å². The first kappa shape index (κ1) is 14.9. The van der Waals surface area contributed by atoms with E-state index in [4.69, 9.17) is 8.83 Å². The summed E-state index contributed by atoms with van der Waals surface area (Å²) in [6.45, 7) is 3.92. The molecule has 2 aromatic heterocycles. The van der Waals surface area contributed by atoms with Crippen molar-refractivity contribution in [2.75, 3.05) is 0 Å². The van der Waals surface area contributed by atoms with Gasteiger partial charge in [0.2, 0.25) is 5.89 Å². The molecule has 5 rings (SSSR count). The SMILES string of the molecule is Cc1ccc(-c2ccc(-c3nc4cc5oc(C)nc5cc4o3)cc2)cc1. The van der Waals surface area contributed by atoms with Gasteiger partial charge in [-0.3, -0.25) is 0 Å². The Hall–Kier alpha value is -3.40. The quantitative estimate of drug-likeness (QED) is 0.400. The lowest BCUT2D eigenvalue weighted by Gasteiger charge is -2.03. The maximum absolute atomic E-state index is 5.94. The molecule has 0 unspecified atom stereocenters. The molecule has 5 aromatic rings. The number of aromatic nitrogens is 2. The van der Waals surface area contributed by atoms with Crippen LogP contribution in [0.4, 0.5) is 0 Å². The largest absolute Gasteiger partial charge is 0.441 e. The zero-order valence-electron chi connectivity index (χ0n) is 14.5. The van der Waals surface area contributed by atoms with Crippen molar-refractivity contribution < 1.29 is 8.83 Å². The molecule has 0 atom stereocenters. The van der Waals surface area contributed by atoms with E-state index in [0.717, 1.165) is 22.2 Å². The highest BCUT2D eigenvalue weighted by molar-refractivity contribution is 5.90. The molecule has 0 spiro atoms. The second-order valence-corrected chi connectivity index (χ2v) is 6.48. The van der Waals surface area contributed by atoms with Gasteiger partial charge >= 0.3 is 0 Å². The van der Waals surface area contributed by atoms with Gasteiger partial charge in [0.1, 0.15) is 11.0 Å². The van der Waals surface area contributed by atoms with Crippen LogP contribution < -0.4 is 0 Å². The lowest BCUT2D eigenvalue weighted by atomic mass is 10.0. The summed E-state index contributed by atoms with van der Waals surface area (Å²) in [7, 11) is 0. The average molecular weight is 340 g/mol. The Labute approximate surface area is 150 Å². The number of aryl methyl sites for hydroxylation is 2. The minimum atomic E-state index is 0.597. The molecule has 0 fully saturated rings. The normalized spacial score (nSPS) is 11.5. The first-order chi connectivity index (χ1) is 12.7. The van der Waals surface area contributed by atoms with Crippen LogP contribution in [0.5, 0.6) is 0 Å². The molecule has 126 valence electrons. The molecule has 0 saturated heterocycles. The lowest BCUT2D eigenvalue weighted by Crippen LogP contribution is -1.81. The van der Waals surface area contributed by atoms with E-state index in [1.54, 1.807) is 0 Å². The second kappa shape index (κ2) is 5.56. The molecule has 2 heterocycles. The Bertz CT molecular complexity index is 1180. The third kappa shape index (κ3) is 2.47. The predicted octanol–water partition coefficient (Wildman–Crippen LogP) is 5.92. The molecule has 4 nitrogen and oxygen atoms in total. The monoisotopic (exact) mass is 340 g/mol. The van der Waals surface area contributed by atoms with Crippen molar-refractivity contribution >= 4 is 22.2 Å². The summed E-state index contributed by atoms with van der Waals surface area (Å²) in [6.07, 6.45) is 0. The number of benzene rings is 3. The molecular weight excluding hydrogens is 324 g/mol. The van der Waals surface area contributed by atoms with Crippen LogP contribution in [-0.4, -0.2) is 9.97 Å². The Morgan fingerprint density at radius 1 is 0.615 bits per heavy atom. The van der Waals surface area contributed by atoms with Crippen molar-refractivity contribution in [3.05, 3.63) is 72.1 Å². The number of fused-ring (bicyclic) bond motifs is 2. The van der Waals surface area contributed by atoms with Crippen molar-refractivity contribution in [3.8, 4) is 22.6 Å². The minimum absolute atomic E-state index is 0.597. The molecule has 3 aromatic carbocycles. The van der Waals surface area contributed by atoms with E-state index in [1.807, 2.05) is 31.2 Å². The van der Waals surface area contributed by atoms with Crippen LogP contribution in [0.25, 0.3) is 44.8 Å². The maximum Gasteiger partial charge on any atom is 0.227 e. The highest BCUT2D eigenvalue weighted by Gasteiger charge is 2.12. The average Bonchev–Trinajstić information content (AvgIpc) is 3.21. The van der Waals surface area contributed by atoms with Gasteiger partial charge < -0.3 is 8.83 Å². The number of hydrogen-bond donors (Lipinski definition) is 0. The van der Waals surface area contributed by atoms with Crippen LogP contribution in [-0.2, 0) is 0 Å². The van der Waals surface area contributed by atoms with Gasteiger partial charge in [-0.05, 0) is 30.2 Å². The van der Waals surface area contributed by atoms with Crippen molar-refractivity contribution in [3.63, 3.8) is 0 Å². The molecule has 0 N–H and O–H groups in total. The Morgan fingerprint density at radius 3 is 1.85 bits per heavy atom. The highest BCUT2D eigenvalue weighted by atomic mass is 16.4. The molecule has 0 amide bonds. The topological polar surface area (TPSA) is 52.1 Å². The number of nitrogens with zero attached hydrogens (tertiary/aromatic N) is 2. The van der Waals surface area contributed by atoms with E-state index in [2.05, 4.69) is 53.3 Å². The first-order valence-corrected chi connectivity index (χ1v) is 8.51. The summed E-state index contributed by atoms with van der Waals surface area (Å²) in [5.74, 6) is 1.24. The van der Waals surface area contributed by atoms with Gasteiger partial charge in [-0.15, -0.1) is 0 Å². The fraction of sp³-hybridized carbons (Fsp3) is 0.0909. The Kier molecular flexibility index (Phi) is 3.19. The fourth-order valence-electron chi connectivity index (χ4n) is 3.14. The van der Waals surface area contributed by atoms with Crippen molar-refractivity contribution in [2.45, 2.75) is 13.8 Å². The zero-order valence-corrected chi connectivity index (χ0v) is 14.5. The summed E-state index contributed by atoms with van der Waals surface area (Å²) in [5.41, 5.74) is 7.56. The lowest BCUT2D eigenvalue weighted by molar-refractivity contribution is 0.561. The van der Waals surface area contributed by atoms with E-state index >= 15 is 0 Å².